The number of nitrogens with zero attached hydrogens (tertiary/aromatic N) is 7. The predicted octanol–water partition coefficient (Wildman–Crippen LogP) is 4.78. The molecule has 34 heavy (non-hydrogen) atoms. The number of hydrogen-bond acceptors (Lipinski definition) is 9. The van der Waals surface area contributed by atoms with Crippen LogP contribution in [-0.4, -0.2) is 41.3 Å². The Labute approximate surface area is 203 Å². The summed E-state index contributed by atoms with van der Waals surface area (Å²) in [6, 6.07) is -0.368. The van der Waals surface area contributed by atoms with Gasteiger partial charge in [-0.1, -0.05) is 0 Å². The van der Waals surface area contributed by atoms with Crippen molar-refractivity contribution in [1.82, 2.24) is 24.8 Å². The van der Waals surface area contributed by atoms with E-state index in [1.807, 2.05) is 26.3 Å². The molecular weight excluding hydrogens is 474 g/mol. The van der Waals surface area contributed by atoms with E-state index in [0.717, 1.165) is 51.7 Å². The Morgan fingerprint density at radius 3 is 2.68 bits per heavy atom. The van der Waals surface area contributed by atoms with E-state index in [0.29, 0.717) is 6.54 Å². The second-order valence-corrected chi connectivity index (χ2v) is 10.1. The normalized spacial score (nSPS) is 21.1. The number of thiazole rings is 2. The van der Waals surface area contributed by atoms with Crippen LogP contribution in [0.15, 0.2) is 27.9 Å². The maximum absolute atomic E-state index is 13.7. The monoisotopic (exact) mass is 497 g/mol. The molecule has 0 saturated heterocycles. The van der Waals surface area contributed by atoms with Gasteiger partial charge in [-0.3, -0.25) is 19.6 Å². The van der Waals surface area contributed by atoms with Crippen molar-refractivity contribution in [3.8, 4) is 0 Å². The summed E-state index contributed by atoms with van der Waals surface area (Å²) in [5, 5.41) is 22.1. The van der Waals surface area contributed by atoms with Gasteiger partial charge in [0.1, 0.15) is 12.2 Å². The largest absolute Gasteiger partial charge is 0.320 e. The van der Waals surface area contributed by atoms with Crippen molar-refractivity contribution < 1.29 is 9.72 Å². The molecule has 2 aliphatic rings. The van der Waals surface area contributed by atoms with Crippen molar-refractivity contribution in [2.45, 2.75) is 52.6 Å². The molecule has 1 fully saturated rings. The molecule has 1 aliphatic heterocycles. The minimum absolute atomic E-state index is 0.0105. The molecule has 1 amide bonds. The van der Waals surface area contributed by atoms with Gasteiger partial charge in [0, 0.05) is 12.5 Å². The highest BCUT2D eigenvalue weighted by Gasteiger charge is 2.47. The zero-order chi connectivity index (χ0) is 24.0. The zero-order valence-corrected chi connectivity index (χ0v) is 20.6. The Hall–Kier alpha value is -3.25. The molecule has 10 nitrogen and oxygen atoms in total. The summed E-state index contributed by atoms with van der Waals surface area (Å²) in [6.07, 6.45) is 6.11. The molecule has 0 aromatic carbocycles. The molecule has 4 heterocycles. The first-order valence-corrected chi connectivity index (χ1v) is 12.8. The fraction of sp³-hybridized carbons (Fsp3) is 0.409. The number of allylic oxidation sites excluding steroid dienone is 1. The number of fused-ring (bicyclic) bond motifs is 1. The number of aryl methyl sites for hydroxylation is 3. The van der Waals surface area contributed by atoms with Gasteiger partial charge in [-0.2, -0.15) is 10.2 Å². The highest BCUT2D eigenvalue weighted by atomic mass is 32.1. The van der Waals surface area contributed by atoms with Crippen molar-refractivity contribution in [3.05, 3.63) is 59.7 Å². The number of aromatic nitrogens is 4. The lowest BCUT2D eigenvalue weighted by Gasteiger charge is -2.28. The summed E-state index contributed by atoms with van der Waals surface area (Å²) < 4.78 is 1.41. The summed E-state index contributed by atoms with van der Waals surface area (Å²) in [5.74, 6) is -0.574. The third-order valence-electron chi connectivity index (χ3n) is 6.31. The van der Waals surface area contributed by atoms with Crippen molar-refractivity contribution in [1.29, 1.82) is 0 Å². The molecule has 0 spiro atoms. The molecule has 0 bridgehead atoms. The molecule has 5 rings (SSSR count). The average molecular weight is 498 g/mol. The van der Waals surface area contributed by atoms with Crippen LogP contribution in [0.1, 0.15) is 63.9 Å². The van der Waals surface area contributed by atoms with E-state index in [1.54, 1.807) is 16.8 Å². The van der Waals surface area contributed by atoms with E-state index < -0.39 is 10.8 Å². The number of carbonyl (C=O) groups excluding carboxylic acids is 1. The third-order valence-corrected chi connectivity index (χ3v) is 8.19. The molecule has 1 saturated carbocycles. The lowest BCUT2D eigenvalue weighted by Crippen LogP contribution is -2.32. The highest BCUT2D eigenvalue weighted by molar-refractivity contribution is 7.10. The van der Waals surface area contributed by atoms with Crippen LogP contribution in [0.5, 0.6) is 0 Å². The van der Waals surface area contributed by atoms with Gasteiger partial charge in [-0.25, -0.2) is 15.0 Å². The fourth-order valence-corrected chi connectivity index (χ4v) is 6.30. The molecular formula is C22H23N7O3S2. The summed E-state index contributed by atoms with van der Waals surface area (Å²) in [4.78, 5) is 35.6. The molecule has 2 atom stereocenters. The van der Waals surface area contributed by atoms with Gasteiger partial charge in [0.15, 0.2) is 0 Å². The van der Waals surface area contributed by atoms with Crippen molar-refractivity contribution in [2.75, 3.05) is 0 Å². The average Bonchev–Trinajstić information content (AvgIpc) is 3.59. The second kappa shape index (κ2) is 8.84. The van der Waals surface area contributed by atoms with Gasteiger partial charge in [-0.05, 0) is 51.7 Å². The molecule has 176 valence electrons. The number of nitro groups is 1. The van der Waals surface area contributed by atoms with Crippen LogP contribution in [0.4, 0.5) is 5.69 Å². The first-order valence-electron chi connectivity index (χ1n) is 11.0. The van der Waals surface area contributed by atoms with Gasteiger partial charge >= 0.3 is 11.6 Å². The standard InChI is InChI=1S/C22H23N7O3S2/c1-4-27-9-16(29(31)32)19(25-27)22(30)28-20(21-13(3)24-11-34-21)15-7-5-6-14(18(15)26-28)8-17-12(2)23-10-33-17/h8-11,15,20H,4-7H2,1-3H3/b14-8+. The minimum Gasteiger partial charge on any atom is -0.265 e. The SMILES string of the molecule is CCn1cc([N+](=O)[O-])c(C(=O)N2N=C3/C(=C/c4scnc4C)CCCC3C2c2scnc2C)n1. The smallest absolute Gasteiger partial charge is 0.265 e. The fourth-order valence-electron chi connectivity index (χ4n) is 4.59. The summed E-state index contributed by atoms with van der Waals surface area (Å²) >= 11 is 3.06. The third kappa shape index (κ3) is 3.76. The van der Waals surface area contributed by atoms with Crippen LogP contribution in [0.25, 0.3) is 6.08 Å². The Balaban J connectivity index is 1.62. The van der Waals surface area contributed by atoms with Crippen LogP contribution >= 0.6 is 22.7 Å². The van der Waals surface area contributed by atoms with Crippen LogP contribution in [0, 0.1) is 29.9 Å². The Morgan fingerprint density at radius 1 is 1.26 bits per heavy atom. The Bertz CT molecular complexity index is 1340. The van der Waals surface area contributed by atoms with Crippen LogP contribution < -0.4 is 0 Å². The molecule has 3 aromatic heterocycles. The van der Waals surface area contributed by atoms with Crippen molar-refractivity contribution in [3.63, 3.8) is 0 Å². The van der Waals surface area contributed by atoms with Crippen LogP contribution in [0.3, 0.4) is 0 Å². The van der Waals surface area contributed by atoms with E-state index in [2.05, 4.69) is 21.1 Å². The van der Waals surface area contributed by atoms with E-state index in [9.17, 15) is 14.9 Å². The first-order chi connectivity index (χ1) is 16.4. The first kappa shape index (κ1) is 22.5. The van der Waals surface area contributed by atoms with Gasteiger partial charge in [-0.15, -0.1) is 22.7 Å². The Kier molecular flexibility index (Phi) is 5.86. The van der Waals surface area contributed by atoms with Gasteiger partial charge in [0.2, 0.25) is 5.69 Å². The van der Waals surface area contributed by atoms with Gasteiger partial charge < -0.3 is 0 Å². The second-order valence-electron chi connectivity index (χ2n) is 8.33. The predicted molar refractivity (Wildman–Crippen MR) is 130 cm³/mol. The van der Waals surface area contributed by atoms with Crippen LogP contribution in [-0.2, 0) is 6.54 Å². The van der Waals surface area contributed by atoms with E-state index in [-0.39, 0.29) is 23.3 Å². The lowest BCUT2D eigenvalue weighted by molar-refractivity contribution is -0.385. The summed E-state index contributed by atoms with van der Waals surface area (Å²) in [6.45, 7) is 6.13. The van der Waals surface area contributed by atoms with E-state index in [1.165, 1.54) is 27.2 Å². The Morgan fingerprint density at radius 2 is 2.03 bits per heavy atom. The quantitative estimate of drug-likeness (QED) is 0.370. The van der Waals surface area contributed by atoms with E-state index in [4.69, 9.17) is 5.10 Å². The van der Waals surface area contributed by atoms with Gasteiger partial charge in [0.05, 0.1) is 42.8 Å². The number of hydrazone groups is 1. The topological polar surface area (TPSA) is 119 Å². The molecule has 0 radical (unpaired) electrons. The maximum Gasteiger partial charge on any atom is 0.320 e. The molecule has 12 heteroatoms. The number of amides is 1. The molecule has 3 aromatic rings. The summed E-state index contributed by atoms with van der Waals surface area (Å²) in [7, 11) is 0. The summed E-state index contributed by atoms with van der Waals surface area (Å²) in [5.41, 5.74) is 6.83. The number of carbonyl (C=O) groups is 1. The lowest BCUT2D eigenvalue weighted by atomic mass is 9.79. The molecule has 2 unspecified atom stereocenters. The maximum atomic E-state index is 13.7. The minimum atomic E-state index is -0.563. The van der Waals surface area contributed by atoms with E-state index >= 15 is 0 Å². The highest BCUT2D eigenvalue weighted by Crippen LogP contribution is 2.47. The van der Waals surface area contributed by atoms with Gasteiger partial charge in [0.25, 0.3) is 0 Å². The van der Waals surface area contributed by atoms with Crippen molar-refractivity contribution >= 4 is 46.1 Å². The zero-order valence-electron chi connectivity index (χ0n) is 19.0. The van der Waals surface area contributed by atoms with Crippen LogP contribution in [0.2, 0.25) is 0 Å². The van der Waals surface area contributed by atoms with Crippen molar-refractivity contribution in [2.24, 2.45) is 11.0 Å². The molecule has 0 N–H and O–H groups in total. The molecule has 1 aliphatic carbocycles. The number of hydrogen-bond donors (Lipinski definition) is 0. The number of rotatable bonds is 5.